The maximum Gasteiger partial charge on any atom is 0.111 e. The van der Waals surface area contributed by atoms with Gasteiger partial charge in [0.05, 0.1) is 6.10 Å². The lowest BCUT2D eigenvalue weighted by Gasteiger charge is -2.02. The maximum absolute atomic E-state index is 5.81. The second-order valence-electron chi connectivity index (χ2n) is 3.39. The Morgan fingerprint density at radius 2 is 2.08 bits per heavy atom. The smallest absolute Gasteiger partial charge is 0.111 e. The molecule has 0 bridgehead atoms. The van der Waals surface area contributed by atoms with Crippen LogP contribution in [-0.4, -0.2) is 6.10 Å². The van der Waals surface area contributed by atoms with Crippen LogP contribution in [0.15, 0.2) is 18.2 Å². The van der Waals surface area contributed by atoms with Crippen LogP contribution in [0.4, 0.5) is 5.69 Å². The van der Waals surface area contributed by atoms with Crippen molar-refractivity contribution in [3.8, 4) is 0 Å². The zero-order valence-electron chi connectivity index (χ0n) is 7.37. The molecular weight excluding hydrogens is 150 g/mol. The molecule has 1 saturated heterocycles. The maximum atomic E-state index is 5.81. The Morgan fingerprint density at radius 3 is 2.67 bits per heavy atom. The molecule has 0 amide bonds. The van der Waals surface area contributed by atoms with Crippen LogP contribution in [-0.2, 0) is 4.74 Å². The van der Waals surface area contributed by atoms with E-state index in [9.17, 15) is 0 Å². The van der Waals surface area contributed by atoms with E-state index in [1.54, 1.807) is 0 Å². The molecule has 2 rings (SSSR count). The number of aryl methyl sites for hydroxylation is 1. The van der Waals surface area contributed by atoms with Crippen molar-refractivity contribution < 1.29 is 4.74 Å². The van der Waals surface area contributed by atoms with Gasteiger partial charge in [0.2, 0.25) is 0 Å². The van der Waals surface area contributed by atoms with Gasteiger partial charge in [-0.25, -0.2) is 0 Å². The van der Waals surface area contributed by atoms with E-state index in [4.69, 9.17) is 10.5 Å². The van der Waals surface area contributed by atoms with E-state index in [0.29, 0.717) is 6.10 Å². The van der Waals surface area contributed by atoms with Crippen LogP contribution < -0.4 is 5.73 Å². The number of nitrogen functional groups attached to an aromatic ring is 1. The van der Waals surface area contributed by atoms with Crippen molar-refractivity contribution in [1.82, 2.24) is 0 Å². The van der Waals surface area contributed by atoms with Crippen LogP contribution in [0.25, 0.3) is 0 Å². The molecule has 1 aliphatic rings. The fraction of sp³-hybridized carbons (Fsp3) is 0.400. The van der Waals surface area contributed by atoms with Crippen LogP contribution >= 0.6 is 0 Å². The molecule has 2 unspecified atom stereocenters. The van der Waals surface area contributed by atoms with Crippen molar-refractivity contribution in [1.29, 1.82) is 0 Å². The first-order valence-corrected chi connectivity index (χ1v) is 4.20. The summed E-state index contributed by atoms with van der Waals surface area (Å²) in [5, 5.41) is 0. The molecule has 1 heterocycles. The van der Waals surface area contributed by atoms with Gasteiger partial charge in [0.1, 0.15) is 6.10 Å². The number of benzene rings is 1. The minimum absolute atomic E-state index is 0.241. The Morgan fingerprint density at radius 1 is 1.42 bits per heavy atom. The predicted octanol–water partition coefficient (Wildman–Crippen LogP) is 2.04. The highest BCUT2D eigenvalue weighted by atomic mass is 16.6. The molecule has 1 aromatic carbocycles. The lowest BCUT2D eigenvalue weighted by atomic mass is 10.1. The topological polar surface area (TPSA) is 38.5 Å². The van der Waals surface area contributed by atoms with Crippen molar-refractivity contribution in [2.24, 2.45) is 0 Å². The van der Waals surface area contributed by atoms with E-state index in [-0.39, 0.29) is 6.10 Å². The van der Waals surface area contributed by atoms with E-state index in [0.717, 1.165) is 11.3 Å². The first kappa shape index (κ1) is 7.62. The van der Waals surface area contributed by atoms with E-state index < -0.39 is 0 Å². The van der Waals surface area contributed by atoms with Gasteiger partial charge in [-0.3, -0.25) is 0 Å². The van der Waals surface area contributed by atoms with Gasteiger partial charge >= 0.3 is 0 Å². The molecule has 64 valence electrons. The standard InChI is InChI=1S/C10H13NO/c1-6-3-4-9(11)8(5-6)10-7(2)12-10/h3-5,7,10H,11H2,1-2H3. The molecule has 2 heteroatoms. The number of ether oxygens (including phenoxy) is 1. The summed E-state index contributed by atoms with van der Waals surface area (Å²) in [5.41, 5.74) is 9.03. The number of hydrogen-bond acceptors (Lipinski definition) is 2. The van der Waals surface area contributed by atoms with E-state index in [1.807, 2.05) is 12.1 Å². The highest BCUT2D eigenvalue weighted by Gasteiger charge is 2.36. The molecule has 1 aromatic rings. The van der Waals surface area contributed by atoms with Crippen LogP contribution in [0.1, 0.15) is 24.2 Å². The summed E-state index contributed by atoms with van der Waals surface area (Å²) in [5.74, 6) is 0. The molecule has 12 heavy (non-hydrogen) atoms. The number of anilines is 1. The summed E-state index contributed by atoms with van der Waals surface area (Å²) in [6, 6.07) is 6.06. The lowest BCUT2D eigenvalue weighted by Crippen LogP contribution is -1.94. The van der Waals surface area contributed by atoms with Crippen LogP contribution in [0.5, 0.6) is 0 Å². The van der Waals surface area contributed by atoms with Crippen LogP contribution in [0.3, 0.4) is 0 Å². The zero-order valence-corrected chi connectivity index (χ0v) is 7.37. The Bertz CT molecular complexity index is 309. The van der Waals surface area contributed by atoms with E-state index >= 15 is 0 Å². The summed E-state index contributed by atoms with van der Waals surface area (Å²) in [4.78, 5) is 0. The van der Waals surface area contributed by atoms with Crippen LogP contribution in [0.2, 0.25) is 0 Å². The SMILES string of the molecule is Cc1ccc(N)c(C2OC2C)c1. The second-order valence-corrected chi connectivity index (χ2v) is 3.39. The monoisotopic (exact) mass is 163 g/mol. The van der Waals surface area contributed by atoms with Gasteiger partial charge in [0, 0.05) is 11.3 Å². The minimum Gasteiger partial charge on any atom is -0.398 e. The average molecular weight is 163 g/mol. The number of epoxide rings is 1. The van der Waals surface area contributed by atoms with Gasteiger partial charge in [-0.2, -0.15) is 0 Å². The average Bonchev–Trinajstić information content (AvgIpc) is 2.73. The summed E-state index contributed by atoms with van der Waals surface area (Å²) >= 11 is 0. The highest BCUT2D eigenvalue weighted by molar-refractivity contribution is 5.51. The minimum atomic E-state index is 0.241. The van der Waals surface area contributed by atoms with Crippen molar-refractivity contribution in [2.45, 2.75) is 26.1 Å². The molecule has 0 aromatic heterocycles. The fourth-order valence-electron chi connectivity index (χ4n) is 1.45. The summed E-state index contributed by atoms with van der Waals surface area (Å²) in [6.45, 7) is 4.13. The predicted molar refractivity (Wildman–Crippen MR) is 48.9 cm³/mol. The third-order valence-electron chi connectivity index (χ3n) is 2.26. The molecular formula is C10H13NO. The van der Waals surface area contributed by atoms with Gasteiger partial charge in [-0.15, -0.1) is 0 Å². The normalized spacial score (nSPS) is 27.2. The number of nitrogens with two attached hydrogens (primary N) is 1. The molecule has 2 atom stereocenters. The highest BCUT2D eigenvalue weighted by Crippen LogP contribution is 2.40. The lowest BCUT2D eigenvalue weighted by molar-refractivity contribution is 0.383. The largest absolute Gasteiger partial charge is 0.398 e. The molecule has 0 aliphatic carbocycles. The Hall–Kier alpha value is -1.02. The quantitative estimate of drug-likeness (QED) is 0.508. The molecule has 1 fully saturated rings. The van der Waals surface area contributed by atoms with Gasteiger partial charge in [-0.1, -0.05) is 17.7 Å². The van der Waals surface area contributed by atoms with Crippen molar-refractivity contribution in [2.75, 3.05) is 5.73 Å². The summed E-state index contributed by atoms with van der Waals surface area (Å²) in [6.07, 6.45) is 0.582. The van der Waals surface area contributed by atoms with Crippen molar-refractivity contribution in [3.05, 3.63) is 29.3 Å². The third-order valence-corrected chi connectivity index (χ3v) is 2.26. The van der Waals surface area contributed by atoms with Crippen LogP contribution in [0, 0.1) is 6.92 Å². The molecule has 0 spiro atoms. The van der Waals surface area contributed by atoms with Crippen molar-refractivity contribution in [3.63, 3.8) is 0 Å². The zero-order chi connectivity index (χ0) is 8.72. The molecule has 0 saturated carbocycles. The van der Waals surface area contributed by atoms with Gasteiger partial charge < -0.3 is 10.5 Å². The van der Waals surface area contributed by atoms with E-state index in [1.165, 1.54) is 5.56 Å². The molecule has 2 N–H and O–H groups in total. The summed E-state index contributed by atoms with van der Waals surface area (Å²) < 4.78 is 5.36. The molecule has 0 radical (unpaired) electrons. The van der Waals surface area contributed by atoms with E-state index in [2.05, 4.69) is 19.9 Å². The number of rotatable bonds is 1. The summed E-state index contributed by atoms with van der Waals surface area (Å²) in [7, 11) is 0. The Balaban J connectivity index is 2.36. The first-order chi connectivity index (χ1) is 5.68. The van der Waals surface area contributed by atoms with Gasteiger partial charge in [0.25, 0.3) is 0 Å². The first-order valence-electron chi connectivity index (χ1n) is 4.20. The number of hydrogen-bond donors (Lipinski definition) is 1. The molecule has 1 aliphatic heterocycles. The third kappa shape index (κ3) is 1.18. The fourth-order valence-corrected chi connectivity index (χ4v) is 1.45. The van der Waals surface area contributed by atoms with Gasteiger partial charge in [-0.05, 0) is 19.9 Å². The van der Waals surface area contributed by atoms with Crippen molar-refractivity contribution >= 4 is 5.69 Å². The van der Waals surface area contributed by atoms with Gasteiger partial charge in [0.15, 0.2) is 0 Å². The Kier molecular flexibility index (Phi) is 1.58. The second kappa shape index (κ2) is 2.49. The molecule has 2 nitrogen and oxygen atoms in total. The Labute approximate surface area is 72.3 Å².